The predicted molar refractivity (Wildman–Crippen MR) is 130 cm³/mol. The van der Waals surface area contributed by atoms with Gasteiger partial charge >= 0.3 is 0 Å². The van der Waals surface area contributed by atoms with Crippen LogP contribution in [-0.4, -0.2) is 35.1 Å². The van der Waals surface area contributed by atoms with Gasteiger partial charge in [0.15, 0.2) is 6.61 Å². The average molecular weight is 489 g/mol. The van der Waals surface area contributed by atoms with Crippen molar-refractivity contribution in [3.8, 4) is 11.5 Å². The van der Waals surface area contributed by atoms with Gasteiger partial charge in [-0.05, 0) is 73.5 Å². The Balaban J connectivity index is 1.66. The minimum atomic E-state index is -3.72. The summed E-state index contributed by atoms with van der Waals surface area (Å²) in [7, 11) is -0.730. The van der Waals surface area contributed by atoms with E-state index in [-0.39, 0.29) is 11.5 Å². The molecule has 3 aromatic rings. The van der Waals surface area contributed by atoms with Crippen LogP contribution in [0.1, 0.15) is 11.1 Å². The Kier molecular flexibility index (Phi) is 7.50. The van der Waals surface area contributed by atoms with Crippen LogP contribution in [-0.2, 0) is 14.8 Å². The third kappa shape index (κ3) is 5.77. The maximum atomic E-state index is 13.1. The maximum absolute atomic E-state index is 13.1. The lowest BCUT2D eigenvalue weighted by atomic mass is 10.2. The van der Waals surface area contributed by atoms with Gasteiger partial charge in [-0.15, -0.1) is 0 Å². The predicted octanol–water partition coefficient (Wildman–Crippen LogP) is 4.81. The average Bonchev–Trinajstić information content (AvgIpc) is 2.79. The first-order valence-corrected chi connectivity index (χ1v) is 11.9. The molecular weight excluding hydrogens is 464 g/mol. The first kappa shape index (κ1) is 24.4. The van der Waals surface area contributed by atoms with E-state index >= 15 is 0 Å². The van der Waals surface area contributed by atoms with Crippen LogP contribution in [0, 0.1) is 13.8 Å². The number of hydrogen-bond acceptors (Lipinski definition) is 5. The summed E-state index contributed by atoms with van der Waals surface area (Å²) in [5, 5.41) is 3.15. The second-order valence-electron chi connectivity index (χ2n) is 7.42. The van der Waals surface area contributed by atoms with Crippen molar-refractivity contribution in [3.63, 3.8) is 0 Å². The highest BCUT2D eigenvalue weighted by molar-refractivity contribution is 7.92. The number of carbonyl (C=O) groups is 1. The van der Waals surface area contributed by atoms with Crippen LogP contribution in [0.25, 0.3) is 0 Å². The number of ether oxygens (including phenoxy) is 2. The zero-order valence-electron chi connectivity index (χ0n) is 18.8. The van der Waals surface area contributed by atoms with Crippen molar-refractivity contribution in [2.75, 3.05) is 30.4 Å². The van der Waals surface area contributed by atoms with Gasteiger partial charge in [-0.3, -0.25) is 9.10 Å². The Morgan fingerprint density at radius 1 is 1.03 bits per heavy atom. The normalized spacial score (nSPS) is 11.1. The third-order valence-corrected chi connectivity index (χ3v) is 7.15. The van der Waals surface area contributed by atoms with Gasteiger partial charge in [0.05, 0.1) is 23.4 Å². The number of amides is 1. The van der Waals surface area contributed by atoms with Gasteiger partial charge in [0.2, 0.25) is 0 Å². The van der Waals surface area contributed by atoms with Gasteiger partial charge in [-0.2, -0.15) is 0 Å². The third-order valence-electron chi connectivity index (χ3n) is 4.99. The van der Waals surface area contributed by atoms with Crippen LogP contribution in [0.15, 0.2) is 65.6 Å². The number of aryl methyl sites for hydroxylation is 2. The molecule has 0 heterocycles. The lowest BCUT2D eigenvalue weighted by molar-refractivity contribution is -0.118. The first-order valence-electron chi connectivity index (χ1n) is 10.0. The van der Waals surface area contributed by atoms with Crippen molar-refractivity contribution in [1.29, 1.82) is 0 Å². The van der Waals surface area contributed by atoms with E-state index in [0.29, 0.717) is 33.5 Å². The molecule has 0 aliphatic carbocycles. The van der Waals surface area contributed by atoms with Gasteiger partial charge in [0, 0.05) is 12.1 Å². The van der Waals surface area contributed by atoms with E-state index in [2.05, 4.69) is 5.32 Å². The summed E-state index contributed by atoms with van der Waals surface area (Å²) in [4.78, 5) is 12.5. The van der Waals surface area contributed by atoms with E-state index in [4.69, 9.17) is 21.1 Å². The minimum absolute atomic E-state index is 0.244. The molecule has 0 fully saturated rings. The number of benzene rings is 3. The van der Waals surface area contributed by atoms with Crippen molar-refractivity contribution in [3.05, 3.63) is 76.8 Å². The van der Waals surface area contributed by atoms with E-state index in [1.165, 1.54) is 18.5 Å². The standard InChI is InChI=1S/C24H25ClN2O5S/c1-16-5-6-17(2)23(13-16)33(29,30)27(3)19-8-10-20(11-9-19)32-15-24(28)26-21-14-18(25)7-12-22(21)31-4/h5-14H,15H2,1-4H3,(H,26,28). The highest BCUT2D eigenvalue weighted by Gasteiger charge is 2.23. The number of nitrogens with one attached hydrogen (secondary N) is 1. The molecule has 0 aliphatic rings. The molecule has 33 heavy (non-hydrogen) atoms. The monoisotopic (exact) mass is 488 g/mol. The molecule has 174 valence electrons. The van der Waals surface area contributed by atoms with Crippen molar-refractivity contribution in [1.82, 2.24) is 0 Å². The fourth-order valence-electron chi connectivity index (χ4n) is 3.14. The number of anilines is 2. The van der Waals surface area contributed by atoms with Gasteiger partial charge in [0.25, 0.3) is 15.9 Å². The Hall–Kier alpha value is -3.23. The molecule has 3 aromatic carbocycles. The highest BCUT2D eigenvalue weighted by atomic mass is 35.5. The largest absolute Gasteiger partial charge is 0.495 e. The summed E-state index contributed by atoms with van der Waals surface area (Å²) >= 11 is 5.97. The summed E-state index contributed by atoms with van der Waals surface area (Å²) in [5.41, 5.74) is 2.45. The zero-order valence-corrected chi connectivity index (χ0v) is 20.3. The molecule has 1 amide bonds. The molecule has 3 rings (SSSR count). The highest BCUT2D eigenvalue weighted by Crippen LogP contribution is 2.28. The van der Waals surface area contributed by atoms with Crippen molar-refractivity contribution in [2.24, 2.45) is 0 Å². The number of sulfonamides is 1. The number of halogens is 1. The molecule has 0 bridgehead atoms. The lowest BCUT2D eigenvalue weighted by Crippen LogP contribution is -2.27. The Bertz CT molecular complexity index is 1260. The zero-order chi connectivity index (χ0) is 24.2. The fourth-order valence-corrected chi connectivity index (χ4v) is 4.81. The Labute approximate surface area is 198 Å². The second kappa shape index (κ2) is 10.1. The SMILES string of the molecule is COc1ccc(Cl)cc1NC(=O)COc1ccc(N(C)S(=O)(=O)c2cc(C)ccc2C)cc1. The Morgan fingerprint density at radius 2 is 1.73 bits per heavy atom. The second-order valence-corrected chi connectivity index (χ2v) is 9.79. The van der Waals surface area contributed by atoms with Gasteiger partial charge < -0.3 is 14.8 Å². The molecule has 0 spiro atoms. The van der Waals surface area contributed by atoms with Crippen LogP contribution in [0.3, 0.4) is 0 Å². The summed E-state index contributed by atoms with van der Waals surface area (Å²) in [6.07, 6.45) is 0. The maximum Gasteiger partial charge on any atom is 0.264 e. The summed E-state index contributed by atoms with van der Waals surface area (Å²) < 4.78 is 38.1. The van der Waals surface area contributed by atoms with Crippen molar-refractivity contribution >= 4 is 38.9 Å². The van der Waals surface area contributed by atoms with E-state index in [0.717, 1.165) is 5.56 Å². The number of carbonyl (C=O) groups excluding carboxylic acids is 1. The van der Waals surface area contributed by atoms with E-state index in [1.54, 1.807) is 61.5 Å². The molecule has 0 saturated heterocycles. The number of hydrogen-bond donors (Lipinski definition) is 1. The van der Waals surface area contributed by atoms with E-state index in [9.17, 15) is 13.2 Å². The molecule has 7 nitrogen and oxygen atoms in total. The number of rotatable bonds is 8. The smallest absolute Gasteiger partial charge is 0.264 e. The van der Waals surface area contributed by atoms with Gasteiger partial charge in [-0.25, -0.2) is 8.42 Å². The van der Waals surface area contributed by atoms with Crippen LogP contribution in [0.5, 0.6) is 11.5 Å². The molecule has 0 aromatic heterocycles. The lowest BCUT2D eigenvalue weighted by Gasteiger charge is -2.21. The first-order chi connectivity index (χ1) is 15.6. The van der Waals surface area contributed by atoms with Crippen LogP contribution in [0.2, 0.25) is 5.02 Å². The molecule has 0 atom stereocenters. The van der Waals surface area contributed by atoms with Crippen LogP contribution in [0.4, 0.5) is 11.4 Å². The summed E-state index contributed by atoms with van der Waals surface area (Å²) in [5.74, 6) is 0.504. The fraction of sp³-hybridized carbons (Fsp3) is 0.208. The molecule has 0 saturated carbocycles. The Morgan fingerprint density at radius 3 is 2.39 bits per heavy atom. The summed E-state index contributed by atoms with van der Waals surface area (Å²) in [6, 6.07) is 16.7. The molecule has 1 N–H and O–H groups in total. The summed E-state index contributed by atoms with van der Waals surface area (Å²) in [6.45, 7) is 3.37. The molecular formula is C24H25ClN2O5S. The van der Waals surface area contributed by atoms with Crippen LogP contribution >= 0.6 is 11.6 Å². The van der Waals surface area contributed by atoms with Crippen molar-refractivity contribution < 1.29 is 22.7 Å². The minimum Gasteiger partial charge on any atom is -0.495 e. The number of nitrogens with zero attached hydrogens (tertiary/aromatic N) is 1. The van der Waals surface area contributed by atoms with Crippen LogP contribution < -0.4 is 19.1 Å². The van der Waals surface area contributed by atoms with Crippen molar-refractivity contribution in [2.45, 2.75) is 18.7 Å². The van der Waals surface area contributed by atoms with E-state index < -0.39 is 15.9 Å². The van der Waals surface area contributed by atoms with Gasteiger partial charge in [0.1, 0.15) is 11.5 Å². The topological polar surface area (TPSA) is 84.9 Å². The molecule has 0 aliphatic heterocycles. The van der Waals surface area contributed by atoms with E-state index in [1.807, 2.05) is 13.0 Å². The molecule has 0 unspecified atom stereocenters. The molecule has 0 radical (unpaired) electrons. The van der Waals surface area contributed by atoms with Gasteiger partial charge in [-0.1, -0.05) is 23.7 Å². The quantitative estimate of drug-likeness (QED) is 0.492. The number of methoxy groups -OCH3 is 1. The molecule has 9 heteroatoms.